The smallest absolute Gasteiger partial charge is 0.203 e. The molecule has 5 nitrogen and oxygen atoms in total. The SMILES string of the molecule is COc1cc(C2OCCO2)cc(OC)c1OC. The maximum Gasteiger partial charge on any atom is 0.203 e. The van der Waals surface area contributed by atoms with Crippen molar-refractivity contribution in [2.75, 3.05) is 34.5 Å². The normalized spacial score (nSPS) is 15.9. The zero-order valence-electron chi connectivity index (χ0n) is 10.2. The molecule has 94 valence electrons. The minimum absolute atomic E-state index is 0.358. The fraction of sp³-hybridized carbons (Fsp3) is 0.500. The summed E-state index contributed by atoms with van der Waals surface area (Å²) in [5.74, 6) is 1.76. The summed E-state index contributed by atoms with van der Waals surface area (Å²) >= 11 is 0. The molecule has 1 aromatic rings. The molecule has 1 aliphatic heterocycles. The first-order valence-electron chi connectivity index (χ1n) is 5.33. The number of hydrogen-bond donors (Lipinski definition) is 0. The Balaban J connectivity index is 2.40. The van der Waals surface area contributed by atoms with Gasteiger partial charge in [-0.05, 0) is 12.1 Å². The lowest BCUT2D eigenvalue weighted by atomic mass is 10.1. The summed E-state index contributed by atoms with van der Waals surface area (Å²) in [6.07, 6.45) is -0.358. The van der Waals surface area contributed by atoms with Crippen molar-refractivity contribution < 1.29 is 23.7 Å². The summed E-state index contributed by atoms with van der Waals surface area (Å²) < 4.78 is 26.6. The summed E-state index contributed by atoms with van der Waals surface area (Å²) in [6.45, 7) is 1.20. The molecule has 5 heteroatoms. The van der Waals surface area contributed by atoms with Gasteiger partial charge in [-0.15, -0.1) is 0 Å². The molecule has 0 aliphatic carbocycles. The van der Waals surface area contributed by atoms with E-state index in [0.29, 0.717) is 30.5 Å². The van der Waals surface area contributed by atoms with Crippen molar-refractivity contribution in [2.24, 2.45) is 0 Å². The molecule has 0 saturated carbocycles. The lowest BCUT2D eigenvalue weighted by Crippen LogP contribution is -2.02. The molecule has 0 N–H and O–H groups in total. The zero-order chi connectivity index (χ0) is 12.3. The highest BCUT2D eigenvalue weighted by atomic mass is 16.7. The van der Waals surface area contributed by atoms with Gasteiger partial charge in [0.25, 0.3) is 0 Å². The van der Waals surface area contributed by atoms with Crippen LogP contribution in [0.15, 0.2) is 12.1 Å². The van der Waals surface area contributed by atoms with Crippen LogP contribution in [0.2, 0.25) is 0 Å². The minimum atomic E-state index is -0.358. The lowest BCUT2D eigenvalue weighted by Gasteiger charge is -2.16. The van der Waals surface area contributed by atoms with Gasteiger partial charge >= 0.3 is 0 Å². The molecule has 1 saturated heterocycles. The quantitative estimate of drug-likeness (QED) is 0.802. The Bertz CT molecular complexity index is 359. The maximum atomic E-state index is 5.44. The number of hydrogen-bond acceptors (Lipinski definition) is 5. The third kappa shape index (κ3) is 2.30. The van der Waals surface area contributed by atoms with E-state index in [-0.39, 0.29) is 6.29 Å². The van der Waals surface area contributed by atoms with Crippen molar-refractivity contribution >= 4 is 0 Å². The number of ether oxygens (including phenoxy) is 5. The van der Waals surface area contributed by atoms with Crippen LogP contribution in [-0.2, 0) is 9.47 Å². The van der Waals surface area contributed by atoms with Crippen LogP contribution >= 0.6 is 0 Å². The lowest BCUT2D eigenvalue weighted by molar-refractivity contribution is -0.0443. The van der Waals surface area contributed by atoms with E-state index in [1.807, 2.05) is 12.1 Å². The second-order valence-corrected chi connectivity index (χ2v) is 3.53. The van der Waals surface area contributed by atoms with E-state index >= 15 is 0 Å². The Kier molecular flexibility index (Phi) is 3.71. The molecule has 1 aliphatic rings. The Morgan fingerprint density at radius 2 is 1.47 bits per heavy atom. The molecule has 2 rings (SSSR count). The van der Waals surface area contributed by atoms with E-state index in [9.17, 15) is 0 Å². The molecule has 0 radical (unpaired) electrons. The monoisotopic (exact) mass is 240 g/mol. The molecule has 0 bridgehead atoms. The molecule has 0 amide bonds. The fourth-order valence-electron chi connectivity index (χ4n) is 1.79. The van der Waals surface area contributed by atoms with Crippen LogP contribution in [0.5, 0.6) is 17.2 Å². The van der Waals surface area contributed by atoms with Gasteiger partial charge < -0.3 is 23.7 Å². The molecule has 1 aromatic carbocycles. The van der Waals surface area contributed by atoms with Crippen molar-refractivity contribution in [1.29, 1.82) is 0 Å². The number of rotatable bonds is 4. The highest BCUT2D eigenvalue weighted by Crippen LogP contribution is 2.40. The van der Waals surface area contributed by atoms with Crippen LogP contribution in [0.3, 0.4) is 0 Å². The second-order valence-electron chi connectivity index (χ2n) is 3.53. The van der Waals surface area contributed by atoms with Crippen LogP contribution in [-0.4, -0.2) is 34.5 Å². The summed E-state index contributed by atoms with van der Waals surface area (Å²) in [5.41, 5.74) is 0.858. The number of benzene rings is 1. The molecular weight excluding hydrogens is 224 g/mol. The second kappa shape index (κ2) is 5.25. The molecule has 1 heterocycles. The summed E-state index contributed by atoms with van der Waals surface area (Å²) in [4.78, 5) is 0. The summed E-state index contributed by atoms with van der Waals surface area (Å²) in [5, 5.41) is 0. The van der Waals surface area contributed by atoms with E-state index in [4.69, 9.17) is 23.7 Å². The van der Waals surface area contributed by atoms with E-state index in [0.717, 1.165) is 5.56 Å². The third-order valence-electron chi connectivity index (χ3n) is 2.58. The molecular formula is C12H16O5. The number of methoxy groups -OCH3 is 3. The van der Waals surface area contributed by atoms with Gasteiger partial charge in [0.1, 0.15) is 0 Å². The standard InChI is InChI=1S/C12H16O5/c1-13-9-6-8(12-16-4-5-17-12)7-10(14-2)11(9)15-3/h6-7,12H,4-5H2,1-3H3. The van der Waals surface area contributed by atoms with Gasteiger partial charge in [-0.1, -0.05) is 0 Å². The van der Waals surface area contributed by atoms with Crippen LogP contribution in [0.4, 0.5) is 0 Å². The first-order valence-corrected chi connectivity index (χ1v) is 5.33. The Morgan fingerprint density at radius 3 is 1.88 bits per heavy atom. The first-order chi connectivity index (χ1) is 8.30. The Morgan fingerprint density at radius 1 is 0.941 bits per heavy atom. The van der Waals surface area contributed by atoms with Crippen molar-refractivity contribution in [1.82, 2.24) is 0 Å². The van der Waals surface area contributed by atoms with Gasteiger partial charge in [-0.25, -0.2) is 0 Å². The van der Waals surface area contributed by atoms with E-state index in [1.165, 1.54) is 0 Å². The van der Waals surface area contributed by atoms with Gasteiger partial charge in [0.15, 0.2) is 17.8 Å². The maximum absolute atomic E-state index is 5.44. The van der Waals surface area contributed by atoms with Crippen LogP contribution in [0.1, 0.15) is 11.9 Å². The van der Waals surface area contributed by atoms with Crippen molar-refractivity contribution in [3.63, 3.8) is 0 Å². The van der Waals surface area contributed by atoms with Crippen LogP contribution < -0.4 is 14.2 Å². The largest absolute Gasteiger partial charge is 0.493 e. The highest BCUT2D eigenvalue weighted by molar-refractivity contribution is 5.54. The van der Waals surface area contributed by atoms with Crippen molar-refractivity contribution in [3.8, 4) is 17.2 Å². The molecule has 17 heavy (non-hydrogen) atoms. The average molecular weight is 240 g/mol. The minimum Gasteiger partial charge on any atom is -0.493 e. The zero-order valence-corrected chi connectivity index (χ0v) is 10.2. The van der Waals surface area contributed by atoms with Gasteiger partial charge in [-0.3, -0.25) is 0 Å². The molecule has 0 aromatic heterocycles. The third-order valence-corrected chi connectivity index (χ3v) is 2.58. The van der Waals surface area contributed by atoms with Crippen molar-refractivity contribution in [3.05, 3.63) is 17.7 Å². The molecule has 1 fully saturated rings. The fourth-order valence-corrected chi connectivity index (χ4v) is 1.79. The summed E-state index contributed by atoms with van der Waals surface area (Å²) in [6, 6.07) is 3.66. The Labute approximate surface area is 100 Å². The predicted molar refractivity (Wildman–Crippen MR) is 60.7 cm³/mol. The van der Waals surface area contributed by atoms with Crippen molar-refractivity contribution in [2.45, 2.75) is 6.29 Å². The van der Waals surface area contributed by atoms with Gasteiger partial charge in [0.2, 0.25) is 5.75 Å². The average Bonchev–Trinajstić information content (AvgIpc) is 2.90. The van der Waals surface area contributed by atoms with E-state index < -0.39 is 0 Å². The Hall–Kier alpha value is -1.46. The molecule has 0 unspecified atom stereocenters. The summed E-state index contributed by atoms with van der Waals surface area (Å²) in [7, 11) is 4.73. The van der Waals surface area contributed by atoms with Gasteiger partial charge in [0.05, 0.1) is 34.5 Å². The van der Waals surface area contributed by atoms with E-state index in [1.54, 1.807) is 21.3 Å². The van der Waals surface area contributed by atoms with Crippen LogP contribution in [0.25, 0.3) is 0 Å². The van der Waals surface area contributed by atoms with Crippen LogP contribution in [0, 0.1) is 0 Å². The predicted octanol–water partition coefficient (Wildman–Crippen LogP) is 1.76. The molecule has 0 spiro atoms. The first kappa shape index (κ1) is 12.0. The molecule has 0 atom stereocenters. The van der Waals surface area contributed by atoms with Gasteiger partial charge in [-0.2, -0.15) is 0 Å². The topological polar surface area (TPSA) is 46.2 Å². The highest BCUT2D eigenvalue weighted by Gasteiger charge is 2.22. The van der Waals surface area contributed by atoms with E-state index in [2.05, 4.69) is 0 Å². The van der Waals surface area contributed by atoms with Gasteiger partial charge in [0, 0.05) is 5.56 Å².